The number of anilines is 1. The van der Waals surface area contributed by atoms with Crippen LogP contribution in [0, 0.1) is 5.82 Å². The lowest BCUT2D eigenvalue weighted by molar-refractivity contribution is 0.0904. The molecule has 0 aliphatic heterocycles. The molecule has 0 saturated carbocycles. The Morgan fingerprint density at radius 3 is 2.55 bits per heavy atom. The van der Waals surface area contributed by atoms with E-state index in [0.717, 1.165) is 6.07 Å². The number of ketones is 1. The molecule has 5 heteroatoms. The molecular formula is C15H13FN2O2. The molecule has 1 amide bonds. The highest BCUT2D eigenvalue weighted by molar-refractivity contribution is 6.04. The Morgan fingerprint density at radius 2 is 1.85 bits per heavy atom. The summed E-state index contributed by atoms with van der Waals surface area (Å²) in [5.41, 5.74) is 6.52. The molecule has 0 saturated heterocycles. The number of amides is 1. The molecule has 0 aliphatic rings. The van der Waals surface area contributed by atoms with E-state index in [9.17, 15) is 14.0 Å². The summed E-state index contributed by atoms with van der Waals surface area (Å²) in [6.07, 6.45) is 0. The zero-order chi connectivity index (χ0) is 14.5. The topological polar surface area (TPSA) is 72.2 Å². The lowest BCUT2D eigenvalue weighted by atomic mass is 10.1. The zero-order valence-corrected chi connectivity index (χ0v) is 10.6. The third kappa shape index (κ3) is 3.20. The molecule has 3 N–H and O–H groups in total. The van der Waals surface area contributed by atoms with Gasteiger partial charge in [-0.15, -0.1) is 0 Å². The average molecular weight is 272 g/mol. The maximum atomic E-state index is 13.0. The van der Waals surface area contributed by atoms with Gasteiger partial charge in [-0.1, -0.05) is 24.3 Å². The molecule has 102 valence electrons. The second-order valence-corrected chi connectivity index (χ2v) is 4.20. The number of nitrogens with two attached hydrogens (primary N) is 1. The summed E-state index contributed by atoms with van der Waals surface area (Å²) in [4.78, 5) is 23.7. The average Bonchev–Trinajstić information content (AvgIpc) is 2.45. The quantitative estimate of drug-likeness (QED) is 0.660. The predicted molar refractivity (Wildman–Crippen MR) is 73.9 cm³/mol. The van der Waals surface area contributed by atoms with Crippen LogP contribution in [-0.2, 0) is 0 Å². The van der Waals surface area contributed by atoms with Crippen molar-refractivity contribution in [2.75, 3.05) is 12.3 Å². The number of nitrogen functional groups attached to an aromatic ring is 1. The van der Waals surface area contributed by atoms with Crippen molar-refractivity contribution in [2.45, 2.75) is 0 Å². The van der Waals surface area contributed by atoms with E-state index in [1.54, 1.807) is 24.3 Å². The van der Waals surface area contributed by atoms with Crippen LogP contribution in [0.3, 0.4) is 0 Å². The summed E-state index contributed by atoms with van der Waals surface area (Å²) in [5, 5.41) is 2.47. The lowest BCUT2D eigenvalue weighted by Gasteiger charge is -2.07. The SMILES string of the molecule is Nc1ccccc1C(=O)NCC(=O)c1cccc(F)c1. The first-order valence-electron chi connectivity index (χ1n) is 5.99. The third-order valence-corrected chi connectivity index (χ3v) is 2.76. The summed E-state index contributed by atoms with van der Waals surface area (Å²) in [5.74, 6) is -1.30. The highest BCUT2D eigenvalue weighted by Crippen LogP contribution is 2.10. The van der Waals surface area contributed by atoms with Gasteiger partial charge in [-0.25, -0.2) is 4.39 Å². The summed E-state index contributed by atoms with van der Waals surface area (Å²) in [7, 11) is 0. The van der Waals surface area contributed by atoms with Crippen LogP contribution >= 0.6 is 0 Å². The fraction of sp³-hybridized carbons (Fsp3) is 0.0667. The van der Waals surface area contributed by atoms with Gasteiger partial charge in [-0.2, -0.15) is 0 Å². The van der Waals surface area contributed by atoms with Crippen LogP contribution in [0.25, 0.3) is 0 Å². The Labute approximate surface area is 115 Å². The Hall–Kier alpha value is -2.69. The van der Waals surface area contributed by atoms with Gasteiger partial charge in [-0.3, -0.25) is 9.59 Å². The first-order chi connectivity index (χ1) is 9.58. The Kier molecular flexibility index (Phi) is 4.10. The molecule has 0 aromatic heterocycles. The molecule has 0 spiro atoms. The van der Waals surface area contributed by atoms with Crippen LogP contribution in [0.2, 0.25) is 0 Å². The number of benzene rings is 2. The smallest absolute Gasteiger partial charge is 0.253 e. The monoisotopic (exact) mass is 272 g/mol. The fourth-order valence-electron chi connectivity index (χ4n) is 1.72. The zero-order valence-electron chi connectivity index (χ0n) is 10.6. The van der Waals surface area contributed by atoms with Crippen molar-refractivity contribution in [2.24, 2.45) is 0 Å². The number of halogens is 1. The Balaban J connectivity index is 2.01. The van der Waals surface area contributed by atoms with Gasteiger partial charge in [0.25, 0.3) is 5.91 Å². The van der Waals surface area contributed by atoms with Crippen molar-refractivity contribution in [1.82, 2.24) is 5.32 Å². The molecule has 0 atom stereocenters. The number of para-hydroxylation sites is 1. The molecule has 2 rings (SSSR count). The molecule has 0 fully saturated rings. The van der Waals surface area contributed by atoms with Crippen LogP contribution < -0.4 is 11.1 Å². The van der Waals surface area contributed by atoms with Gasteiger partial charge in [-0.05, 0) is 24.3 Å². The number of Topliss-reactive ketones (excluding diaryl/α,β-unsaturated/α-hetero) is 1. The van der Waals surface area contributed by atoms with Gasteiger partial charge in [0.05, 0.1) is 12.1 Å². The van der Waals surface area contributed by atoms with E-state index >= 15 is 0 Å². The van der Waals surface area contributed by atoms with E-state index in [1.165, 1.54) is 18.2 Å². The van der Waals surface area contributed by atoms with Crippen LogP contribution in [-0.4, -0.2) is 18.2 Å². The minimum Gasteiger partial charge on any atom is -0.398 e. The van der Waals surface area contributed by atoms with Crippen molar-refractivity contribution in [3.05, 3.63) is 65.5 Å². The van der Waals surface area contributed by atoms with Gasteiger partial charge < -0.3 is 11.1 Å². The summed E-state index contributed by atoms with van der Waals surface area (Å²) in [6.45, 7) is -0.212. The summed E-state index contributed by atoms with van der Waals surface area (Å²) < 4.78 is 13.0. The Bertz CT molecular complexity index is 656. The molecule has 0 bridgehead atoms. The number of carbonyl (C=O) groups is 2. The first kappa shape index (κ1) is 13.7. The van der Waals surface area contributed by atoms with Gasteiger partial charge in [0.1, 0.15) is 5.82 Å². The summed E-state index contributed by atoms with van der Waals surface area (Å²) in [6, 6.07) is 11.9. The second kappa shape index (κ2) is 5.97. The van der Waals surface area contributed by atoms with Crippen LogP contribution in [0.5, 0.6) is 0 Å². The fourth-order valence-corrected chi connectivity index (χ4v) is 1.72. The minimum absolute atomic E-state index is 0.212. The Morgan fingerprint density at radius 1 is 1.10 bits per heavy atom. The third-order valence-electron chi connectivity index (χ3n) is 2.76. The standard InChI is InChI=1S/C15H13FN2O2/c16-11-5-3-4-10(8-11)14(19)9-18-15(20)12-6-1-2-7-13(12)17/h1-8H,9,17H2,(H,18,20). The van der Waals surface area contributed by atoms with E-state index in [2.05, 4.69) is 5.32 Å². The molecule has 2 aromatic rings. The lowest BCUT2D eigenvalue weighted by Crippen LogP contribution is -2.30. The van der Waals surface area contributed by atoms with E-state index in [4.69, 9.17) is 5.73 Å². The van der Waals surface area contributed by atoms with Crippen molar-refractivity contribution < 1.29 is 14.0 Å². The van der Waals surface area contributed by atoms with Crippen molar-refractivity contribution in [1.29, 1.82) is 0 Å². The predicted octanol–water partition coefficient (Wildman–Crippen LogP) is 2.02. The normalized spacial score (nSPS) is 10.1. The maximum Gasteiger partial charge on any atom is 0.253 e. The van der Waals surface area contributed by atoms with E-state index in [1.807, 2.05) is 0 Å². The van der Waals surface area contributed by atoms with Gasteiger partial charge >= 0.3 is 0 Å². The first-order valence-corrected chi connectivity index (χ1v) is 5.99. The van der Waals surface area contributed by atoms with Gasteiger partial charge in [0, 0.05) is 11.3 Å². The van der Waals surface area contributed by atoms with Crippen LogP contribution in [0.15, 0.2) is 48.5 Å². The molecule has 4 nitrogen and oxygen atoms in total. The minimum atomic E-state index is -0.491. The molecule has 0 aliphatic carbocycles. The van der Waals surface area contributed by atoms with Crippen LogP contribution in [0.4, 0.5) is 10.1 Å². The highest BCUT2D eigenvalue weighted by atomic mass is 19.1. The van der Waals surface area contributed by atoms with Gasteiger partial charge in [0.15, 0.2) is 5.78 Å². The van der Waals surface area contributed by atoms with Crippen molar-refractivity contribution >= 4 is 17.4 Å². The van der Waals surface area contributed by atoms with Crippen molar-refractivity contribution in [3.63, 3.8) is 0 Å². The number of hydrogen-bond acceptors (Lipinski definition) is 3. The molecule has 20 heavy (non-hydrogen) atoms. The second-order valence-electron chi connectivity index (χ2n) is 4.20. The highest BCUT2D eigenvalue weighted by Gasteiger charge is 2.12. The van der Waals surface area contributed by atoms with E-state index in [0.29, 0.717) is 11.3 Å². The van der Waals surface area contributed by atoms with Crippen LogP contribution in [0.1, 0.15) is 20.7 Å². The number of nitrogens with one attached hydrogen (secondary N) is 1. The number of carbonyl (C=O) groups excluding carboxylic acids is 2. The maximum absolute atomic E-state index is 13.0. The number of hydrogen-bond donors (Lipinski definition) is 2. The van der Waals surface area contributed by atoms with Crippen molar-refractivity contribution in [3.8, 4) is 0 Å². The molecule has 2 aromatic carbocycles. The van der Waals surface area contributed by atoms with E-state index < -0.39 is 11.7 Å². The van der Waals surface area contributed by atoms with E-state index in [-0.39, 0.29) is 17.9 Å². The molecular weight excluding hydrogens is 259 g/mol. The largest absolute Gasteiger partial charge is 0.398 e. The molecule has 0 radical (unpaired) electrons. The van der Waals surface area contributed by atoms with Gasteiger partial charge in [0.2, 0.25) is 0 Å². The molecule has 0 unspecified atom stereocenters. The summed E-state index contributed by atoms with van der Waals surface area (Å²) >= 11 is 0. The molecule has 0 heterocycles. The number of rotatable bonds is 4.